The third-order valence-corrected chi connectivity index (χ3v) is 4.87. The van der Waals surface area contributed by atoms with Gasteiger partial charge in [0.2, 0.25) is 5.91 Å². The van der Waals surface area contributed by atoms with E-state index in [1.54, 1.807) is 6.07 Å². The first-order valence-electron chi connectivity index (χ1n) is 10.9. The molecule has 1 unspecified atom stereocenters. The zero-order valence-corrected chi connectivity index (χ0v) is 19.4. The molecule has 0 aliphatic heterocycles. The minimum Gasteiger partial charge on any atom is -0.481 e. The van der Waals surface area contributed by atoms with Crippen molar-refractivity contribution in [3.63, 3.8) is 0 Å². The summed E-state index contributed by atoms with van der Waals surface area (Å²) in [5.74, 6) is 0.199. The molecule has 0 aliphatic rings. The predicted molar refractivity (Wildman–Crippen MR) is 123 cm³/mol. The monoisotopic (exact) mass is 429 g/mol. The van der Waals surface area contributed by atoms with E-state index in [2.05, 4.69) is 43.1 Å². The highest BCUT2D eigenvalue weighted by Gasteiger charge is 2.19. The standard InChI is InChI=1S/C24H35N3O4/c1-15(2)13-27(14-16(3)4)22-8-7-19(17(5)9-24(29)30)11-21(22)25-23(28)12-20-10-18(6)26-31-20/h7-8,10-11,15-17H,9,12-14H2,1-6H3,(H,25,28)(H,29,30). The number of amides is 1. The molecule has 7 heteroatoms. The summed E-state index contributed by atoms with van der Waals surface area (Å²) >= 11 is 0. The van der Waals surface area contributed by atoms with Crippen molar-refractivity contribution in [2.24, 2.45) is 11.8 Å². The zero-order chi connectivity index (χ0) is 23.1. The number of nitrogens with zero attached hydrogens (tertiary/aromatic N) is 2. The number of benzene rings is 1. The highest BCUT2D eigenvalue weighted by molar-refractivity contribution is 5.95. The number of rotatable bonds is 11. The fourth-order valence-electron chi connectivity index (χ4n) is 3.62. The Kier molecular flexibility index (Phi) is 8.65. The number of aromatic nitrogens is 1. The Hall–Kier alpha value is -2.83. The number of carbonyl (C=O) groups is 2. The number of carboxylic acid groups (broad SMARTS) is 1. The molecule has 0 saturated heterocycles. The van der Waals surface area contributed by atoms with Crippen LogP contribution >= 0.6 is 0 Å². The van der Waals surface area contributed by atoms with E-state index in [1.807, 2.05) is 32.0 Å². The van der Waals surface area contributed by atoms with Gasteiger partial charge in [0.1, 0.15) is 5.76 Å². The average Bonchev–Trinajstić information content (AvgIpc) is 3.04. The van der Waals surface area contributed by atoms with Crippen molar-refractivity contribution < 1.29 is 19.2 Å². The van der Waals surface area contributed by atoms with Gasteiger partial charge in [-0.15, -0.1) is 0 Å². The SMILES string of the molecule is Cc1cc(CC(=O)Nc2cc(C(C)CC(=O)O)ccc2N(CC(C)C)CC(C)C)on1. The van der Waals surface area contributed by atoms with Crippen LogP contribution in [0.4, 0.5) is 11.4 Å². The molecule has 31 heavy (non-hydrogen) atoms. The van der Waals surface area contributed by atoms with Crippen molar-refractivity contribution in [2.75, 3.05) is 23.3 Å². The predicted octanol–water partition coefficient (Wildman–Crippen LogP) is 4.86. The summed E-state index contributed by atoms with van der Waals surface area (Å²) in [7, 11) is 0. The number of carbonyl (C=O) groups excluding carboxylic acids is 1. The Labute approximate surface area is 184 Å². The van der Waals surface area contributed by atoms with Gasteiger partial charge in [0.05, 0.1) is 29.9 Å². The molecule has 7 nitrogen and oxygen atoms in total. The van der Waals surface area contributed by atoms with Crippen molar-refractivity contribution in [1.82, 2.24) is 5.16 Å². The second-order valence-corrected chi connectivity index (χ2v) is 9.13. The minimum atomic E-state index is -0.843. The molecule has 0 spiro atoms. The van der Waals surface area contributed by atoms with Gasteiger partial charge < -0.3 is 19.8 Å². The molecular formula is C24H35N3O4. The molecule has 1 aromatic heterocycles. The Bertz CT molecular complexity index is 879. The lowest BCUT2D eigenvalue weighted by atomic mass is 9.96. The lowest BCUT2D eigenvalue weighted by molar-refractivity contribution is -0.137. The van der Waals surface area contributed by atoms with Crippen molar-refractivity contribution in [1.29, 1.82) is 0 Å². The van der Waals surface area contributed by atoms with Gasteiger partial charge in [-0.25, -0.2) is 0 Å². The second-order valence-electron chi connectivity index (χ2n) is 9.13. The molecule has 0 saturated carbocycles. The van der Waals surface area contributed by atoms with Gasteiger partial charge in [-0.05, 0) is 42.4 Å². The molecule has 170 valence electrons. The maximum absolute atomic E-state index is 12.8. The lowest BCUT2D eigenvalue weighted by Crippen LogP contribution is -2.32. The maximum atomic E-state index is 12.8. The van der Waals surface area contributed by atoms with Gasteiger partial charge in [-0.2, -0.15) is 0 Å². The van der Waals surface area contributed by atoms with Crippen LogP contribution in [0.2, 0.25) is 0 Å². The summed E-state index contributed by atoms with van der Waals surface area (Å²) in [6, 6.07) is 7.61. The van der Waals surface area contributed by atoms with Crippen LogP contribution in [0.1, 0.15) is 64.0 Å². The van der Waals surface area contributed by atoms with Gasteiger partial charge >= 0.3 is 5.97 Å². The summed E-state index contributed by atoms with van der Waals surface area (Å²) < 4.78 is 5.17. The Morgan fingerprint density at radius 2 is 1.74 bits per heavy atom. The van der Waals surface area contributed by atoms with Crippen LogP contribution in [0, 0.1) is 18.8 Å². The van der Waals surface area contributed by atoms with Gasteiger partial charge in [-0.1, -0.05) is 45.8 Å². The molecule has 0 radical (unpaired) electrons. The van der Waals surface area contributed by atoms with Crippen LogP contribution in [0.3, 0.4) is 0 Å². The summed E-state index contributed by atoms with van der Waals surface area (Å²) in [4.78, 5) is 26.2. The van der Waals surface area contributed by atoms with E-state index in [0.717, 1.165) is 30.0 Å². The highest BCUT2D eigenvalue weighted by atomic mass is 16.5. The molecular weight excluding hydrogens is 394 g/mol. The fourth-order valence-corrected chi connectivity index (χ4v) is 3.62. The Morgan fingerprint density at radius 3 is 2.26 bits per heavy atom. The first-order valence-corrected chi connectivity index (χ1v) is 10.9. The van der Waals surface area contributed by atoms with E-state index < -0.39 is 5.97 Å². The smallest absolute Gasteiger partial charge is 0.303 e. The summed E-state index contributed by atoms with van der Waals surface area (Å²) in [6.07, 6.45) is 0.120. The molecule has 1 aromatic carbocycles. The maximum Gasteiger partial charge on any atom is 0.303 e. The van der Waals surface area contributed by atoms with E-state index in [1.165, 1.54) is 0 Å². The Morgan fingerprint density at radius 1 is 1.10 bits per heavy atom. The molecule has 1 heterocycles. The summed E-state index contributed by atoms with van der Waals surface area (Å²) in [5, 5.41) is 16.0. The Balaban J connectivity index is 2.37. The summed E-state index contributed by atoms with van der Waals surface area (Å²) in [6.45, 7) is 14.1. The van der Waals surface area contributed by atoms with Gasteiger partial charge in [0.15, 0.2) is 0 Å². The number of carboxylic acids is 1. The first kappa shape index (κ1) is 24.4. The minimum absolute atomic E-state index is 0.0335. The van der Waals surface area contributed by atoms with Gasteiger partial charge in [-0.3, -0.25) is 9.59 Å². The van der Waals surface area contributed by atoms with E-state index in [0.29, 0.717) is 23.3 Å². The number of anilines is 2. The number of hydrogen-bond donors (Lipinski definition) is 2. The molecule has 1 atom stereocenters. The van der Waals surface area contributed by atoms with E-state index in [9.17, 15) is 14.7 Å². The first-order chi connectivity index (χ1) is 14.5. The number of hydrogen-bond acceptors (Lipinski definition) is 5. The van der Waals surface area contributed by atoms with Crippen LogP contribution in [0.5, 0.6) is 0 Å². The van der Waals surface area contributed by atoms with Crippen molar-refractivity contribution in [3.8, 4) is 0 Å². The normalized spacial score (nSPS) is 12.3. The number of aliphatic carboxylic acids is 1. The van der Waals surface area contributed by atoms with Crippen LogP contribution in [-0.2, 0) is 16.0 Å². The van der Waals surface area contributed by atoms with Crippen molar-refractivity contribution in [3.05, 3.63) is 41.3 Å². The average molecular weight is 430 g/mol. The van der Waals surface area contributed by atoms with Crippen LogP contribution < -0.4 is 10.2 Å². The molecule has 0 fully saturated rings. The van der Waals surface area contributed by atoms with E-state index in [-0.39, 0.29) is 24.7 Å². The van der Waals surface area contributed by atoms with Crippen LogP contribution in [-0.4, -0.2) is 35.2 Å². The second kappa shape index (κ2) is 11.0. The topological polar surface area (TPSA) is 95.7 Å². The highest BCUT2D eigenvalue weighted by Crippen LogP contribution is 2.32. The lowest BCUT2D eigenvalue weighted by Gasteiger charge is -2.31. The third-order valence-electron chi connectivity index (χ3n) is 4.87. The van der Waals surface area contributed by atoms with Crippen molar-refractivity contribution in [2.45, 2.75) is 60.3 Å². The fraction of sp³-hybridized carbons (Fsp3) is 0.542. The van der Waals surface area contributed by atoms with E-state index in [4.69, 9.17) is 4.52 Å². The molecule has 2 N–H and O–H groups in total. The van der Waals surface area contributed by atoms with Gasteiger partial charge in [0.25, 0.3) is 0 Å². The largest absolute Gasteiger partial charge is 0.481 e. The van der Waals surface area contributed by atoms with Crippen molar-refractivity contribution >= 4 is 23.3 Å². The van der Waals surface area contributed by atoms with Crippen LogP contribution in [0.15, 0.2) is 28.8 Å². The quantitative estimate of drug-likeness (QED) is 0.529. The summed E-state index contributed by atoms with van der Waals surface area (Å²) in [5.41, 5.74) is 3.24. The molecule has 2 aromatic rings. The number of aryl methyl sites for hydroxylation is 1. The molecule has 2 rings (SSSR count). The van der Waals surface area contributed by atoms with Gasteiger partial charge in [0, 0.05) is 19.2 Å². The molecule has 0 bridgehead atoms. The van der Waals surface area contributed by atoms with E-state index >= 15 is 0 Å². The zero-order valence-electron chi connectivity index (χ0n) is 19.4. The third kappa shape index (κ3) is 7.74. The number of nitrogens with one attached hydrogen (secondary N) is 1. The van der Waals surface area contributed by atoms with Crippen LogP contribution in [0.25, 0.3) is 0 Å². The molecule has 1 amide bonds. The molecule has 0 aliphatic carbocycles.